The quantitative estimate of drug-likeness (QED) is 0.713. The molecular weight excluding hydrogens is 354 g/mol. The minimum Gasteiger partial charge on any atom is -0.348 e. The van der Waals surface area contributed by atoms with Gasteiger partial charge >= 0.3 is 0 Å². The number of rotatable bonds is 5. The summed E-state index contributed by atoms with van der Waals surface area (Å²) >= 11 is 0. The van der Waals surface area contributed by atoms with Gasteiger partial charge in [0.1, 0.15) is 0 Å². The molecule has 3 aromatic rings. The molecule has 1 atom stereocenters. The zero-order valence-corrected chi connectivity index (χ0v) is 15.6. The second kappa shape index (κ2) is 7.64. The van der Waals surface area contributed by atoms with Crippen molar-refractivity contribution in [1.29, 1.82) is 0 Å². The molecule has 0 spiro atoms. The zero-order chi connectivity index (χ0) is 19.5. The number of carbonyl (C=O) groups excluding carboxylic acids is 2. The van der Waals surface area contributed by atoms with Crippen molar-refractivity contribution in [2.24, 2.45) is 0 Å². The largest absolute Gasteiger partial charge is 0.348 e. The van der Waals surface area contributed by atoms with Crippen molar-refractivity contribution in [1.82, 2.24) is 25.4 Å². The van der Waals surface area contributed by atoms with Crippen LogP contribution in [0.2, 0.25) is 0 Å². The lowest BCUT2D eigenvalue weighted by atomic mass is 10.1. The van der Waals surface area contributed by atoms with Crippen LogP contribution in [0.15, 0.2) is 54.9 Å². The highest BCUT2D eigenvalue weighted by atomic mass is 16.2. The summed E-state index contributed by atoms with van der Waals surface area (Å²) in [6.07, 6.45) is 3.73. The first kappa shape index (κ1) is 17.9. The van der Waals surface area contributed by atoms with Crippen LogP contribution in [0.25, 0.3) is 0 Å². The first-order valence-electron chi connectivity index (χ1n) is 9.20. The molecule has 1 aromatic carbocycles. The predicted molar refractivity (Wildman–Crippen MR) is 104 cm³/mol. The van der Waals surface area contributed by atoms with E-state index in [1.807, 2.05) is 43.3 Å². The van der Waals surface area contributed by atoms with Gasteiger partial charge in [-0.15, -0.1) is 0 Å². The van der Waals surface area contributed by atoms with Gasteiger partial charge in [-0.3, -0.25) is 19.3 Å². The fourth-order valence-corrected chi connectivity index (χ4v) is 3.32. The average Bonchev–Trinajstić information content (AvgIpc) is 3.27. The summed E-state index contributed by atoms with van der Waals surface area (Å²) in [5.74, 6) is -0.321. The molecule has 2 N–H and O–H groups in total. The maximum atomic E-state index is 12.6. The number of pyridine rings is 1. The third-order valence-electron chi connectivity index (χ3n) is 4.83. The van der Waals surface area contributed by atoms with E-state index in [1.165, 1.54) is 0 Å². The van der Waals surface area contributed by atoms with Crippen LogP contribution in [0.5, 0.6) is 0 Å². The number of hydrogen-bond acceptors (Lipinski definition) is 4. The molecule has 2 aromatic heterocycles. The van der Waals surface area contributed by atoms with E-state index in [0.29, 0.717) is 30.6 Å². The molecule has 7 heteroatoms. The third kappa shape index (κ3) is 3.78. The Morgan fingerprint density at radius 2 is 1.93 bits per heavy atom. The van der Waals surface area contributed by atoms with Gasteiger partial charge in [0.05, 0.1) is 35.6 Å². The van der Waals surface area contributed by atoms with Crippen LogP contribution in [0.4, 0.5) is 0 Å². The molecule has 0 saturated carbocycles. The Kier molecular flexibility index (Phi) is 4.89. The van der Waals surface area contributed by atoms with Gasteiger partial charge in [0.2, 0.25) is 0 Å². The van der Waals surface area contributed by atoms with Crippen molar-refractivity contribution in [2.45, 2.75) is 32.5 Å². The third-order valence-corrected chi connectivity index (χ3v) is 4.83. The van der Waals surface area contributed by atoms with Crippen molar-refractivity contribution < 1.29 is 9.59 Å². The van der Waals surface area contributed by atoms with Crippen LogP contribution in [0, 0.1) is 6.92 Å². The van der Waals surface area contributed by atoms with E-state index in [-0.39, 0.29) is 17.9 Å². The molecule has 1 aliphatic heterocycles. The maximum Gasteiger partial charge on any atom is 0.255 e. The minimum absolute atomic E-state index is 0.0989. The summed E-state index contributed by atoms with van der Waals surface area (Å²) in [6.45, 7) is 2.89. The Morgan fingerprint density at radius 3 is 2.68 bits per heavy atom. The number of aryl methyl sites for hydroxylation is 1. The highest BCUT2D eigenvalue weighted by Crippen LogP contribution is 2.19. The maximum absolute atomic E-state index is 12.6. The molecule has 0 aliphatic carbocycles. The molecule has 7 nitrogen and oxygen atoms in total. The topological polar surface area (TPSA) is 88.9 Å². The number of fused-ring (bicyclic) bond motifs is 1. The first-order valence-corrected chi connectivity index (χ1v) is 9.20. The summed E-state index contributed by atoms with van der Waals surface area (Å²) in [4.78, 5) is 29.1. The smallest absolute Gasteiger partial charge is 0.255 e. The normalized spacial score (nSPS) is 15.1. The summed E-state index contributed by atoms with van der Waals surface area (Å²) < 4.78 is 1.79. The van der Waals surface area contributed by atoms with Gasteiger partial charge < -0.3 is 10.6 Å². The van der Waals surface area contributed by atoms with E-state index in [9.17, 15) is 9.59 Å². The van der Waals surface area contributed by atoms with E-state index in [1.54, 1.807) is 23.1 Å². The number of amides is 2. The fraction of sp³-hybridized carbons (Fsp3) is 0.238. The second-order valence-electron chi connectivity index (χ2n) is 6.92. The highest BCUT2D eigenvalue weighted by Gasteiger charge is 2.29. The Morgan fingerprint density at radius 1 is 1.11 bits per heavy atom. The van der Waals surface area contributed by atoms with Gasteiger partial charge in [-0.05, 0) is 24.6 Å². The predicted octanol–water partition coefficient (Wildman–Crippen LogP) is 1.87. The summed E-state index contributed by atoms with van der Waals surface area (Å²) in [5, 5.41) is 10.2. The lowest BCUT2D eigenvalue weighted by molar-refractivity contribution is 0.0934. The molecule has 1 aliphatic rings. The average molecular weight is 375 g/mol. The fourth-order valence-electron chi connectivity index (χ4n) is 3.32. The van der Waals surface area contributed by atoms with Crippen LogP contribution in [0.1, 0.15) is 37.7 Å². The van der Waals surface area contributed by atoms with Gasteiger partial charge in [-0.2, -0.15) is 5.10 Å². The van der Waals surface area contributed by atoms with Crippen LogP contribution >= 0.6 is 0 Å². The molecule has 3 heterocycles. The van der Waals surface area contributed by atoms with E-state index in [0.717, 1.165) is 17.0 Å². The van der Waals surface area contributed by atoms with Gasteiger partial charge in [-0.1, -0.05) is 30.3 Å². The van der Waals surface area contributed by atoms with Crippen molar-refractivity contribution >= 4 is 11.8 Å². The molecule has 1 unspecified atom stereocenters. The second-order valence-corrected chi connectivity index (χ2v) is 6.92. The van der Waals surface area contributed by atoms with Gasteiger partial charge in [-0.25, -0.2) is 0 Å². The van der Waals surface area contributed by atoms with E-state index < -0.39 is 0 Å². The number of aromatic nitrogens is 3. The van der Waals surface area contributed by atoms with E-state index in [4.69, 9.17) is 0 Å². The first-order chi connectivity index (χ1) is 13.6. The Labute approximate surface area is 162 Å². The molecule has 0 saturated heterocycles. The minimum atomic E-state index is -0.168. The number of nitrogens with zero attached hydrogens (tertiary/aromatic N) is 3. The van der Waals surface area contributed by atoms with Gasteiger partial charge in [0.15, 0.2) is 0 Å². The Balaban J connectivity index is 1.38. The lowest BCUT2D eigenvalue weighted by Crippen LogP contribution is -2.36. The van der Waals surface area contributed by atoms with Crippen molar-refractivity contribution in [2.75, 3.05) is 0 Å². The van der Waals surface area contributed by atoms with Crippen LogP contribution in [-0.2, 0) is 19.5 Å². The van der Waals surface area contributed by atoms with Crippen molar-refractivity contribution in [3.8, 4) is 0 Å². The number of nitrogens with one attached hydrogen (secondary N) is 2. The van der Waals surface area contributed by atoms with Crippen molar-refractivity contribution in [3.05, 3.63) is 82.9 Å². The Hall–Kier alpha value is -3.48. The van der Waals surface area contributed by atoms with Crippen LogP contribution in [-0.4, -0.2) is 32.6 Å². The molecule has 2 amide bonds. The molecule has 0 fully saturated rings. The van der Waals surface area contributed by atoms with Crippen molar-refractivity contribution in [3.63, 3.8) is 0 Å². The standard InChI is InChI=1S/C21H21N5O2/c1-14-7-8-16(11-22-14)20(27)25-17-9-19-18(12-24-26(19)13-17)21(28)23-10-15-5-3-2-4-6-15/h2-8,11-12,17H,9-10,13H2,1H3,(H,23,28)(H,25,27). The molecule has 4 rings (SSSR count). The molecule has 0 radical (unpaired) electrons. The molecule has 0 bridgehead atoms. The van der Waals surface area contributed by atoms with Crippen LogP contribution < -0.4 is 10.6 Å². The SMILES string of the molecule is Cc1ccc(C(=O)NC2Cc3c(C(=O)NCc4ccccc4)cnn3C2)cn1. The van der Waals surface area contributed by atoms with E-state index in [2.05, 4.69) is 20.7 Å². The monoisotopic (exact) mass is 375 g/mol. The van der Waals surface area contributed by atoms with Gasteiger partial charge in [0, 0.05) is 24.9 Å². The van der Waals surface area contributed by atoms with Crippen LogP contribution in [0.3, 0.4) is 0 Å². The lowest BCUT2D eigenvalue weighted by Gasteiger charge is -2.11. The molecule has 142 valence electrons. The zero-order valence-electron chi connectivity index (χ0n) is 15.6. The number of carbonyl (C=O) groups is 2. The summed E-state index contributed by atoms with van der Waals surface area (Å²) in [7, 11) is 0. The van der Waals surface area contributed by atoms with E-state index >= 15 is 0 Å². The van der Waals surface area contributed by atoms with Gasteiger partial charge in [0.25, 0.3) is 11.8 Å². The molecule has 28 heavy (non-hydrogen) atoms. The Bertz CT molecular complexity index is 995. The number of benzene rings is 1. The summed E-state index contributed by atoms with van der Waals surface area (Å²) in [5.41, 5.74) is 3.83. The number of hydrogen-bond donors (Lipinski definition) is 2. The highest BCUT2D eigenvalue weighted by molar-refractivity contribution is 5.95. The summed E-state index contributed by atoms with van der Waals surface area (Å²) in [6, 6.07) is 13.2. The molecular formula is C21H21N5O2.